The molecule has 5 heteroatoms. The molecule has 1 saturated heterocycles. The summed E-state index contributed by atoms with van der Waals surface area (Å²) in [4.78, 5) is 20.4. The third-order valence-electron chi connectivity index (χ3n) is 5.20. The van der Waals surface area contributed by atoms with Crippen LogP contribution in [0.4, 0.5) is 0 Å². The lowest BCUT2D eigenvalue weighted by Crippen LogP contribution is -2.13. The Morgan fingerprint density at radius 1 is 1.16 bits per heavy atom. The van der Waals surface area contributed by atoms with Gasteiger partial charge in [0.2, 0.25) is 0 Å². The zero-order valence-electron chi connectivity index (χ0n) is 13.8. The number of carbonyl (C=O) groups excluding carboxylic acids is 1. The first-order chi connectivity index (χ1) is 12.3. The second-order valence-corrected chi connectivity index (χ2v) is 6.74. The Balaban J connectivity index is 1.62. The number of aromatic nitrogens is 2. The molecule has 5 nitrogen and oxygen atoms in total. The van der Waals surface area contributed by atoms with E-state index < -0.39 is 0 Å². The first-order valence-corrected chi connectivity index (χ1v) is 8.75. The molecular formula is C20H19N3O2. The second-order valence-electron chi connectivity index (χ2n) is 6.74. The number of Topliss-reactive ketones (excluding diaryl/α,β-unsaturated/α-hetero) is 1. The summed E-state index contributed by atoms with van der Waals surface area (Å²) in [6.45, 7) is 1.64. The van der Waals surface area contributed by atoms with Gasteiger partial charge >= 0.3 is 0 Å². The van der Waals surface area contributed by atoms with Gasteiger partial charge in [-0.3, -0.25) is 9.78 Å². The smallest absolute Gasteiger partial charge is 0.189 e. The largest absolute Gasteiger partial charge is 0.369 e. The Bertz CT molecular complexity index is 953. The molecule has 4 heterocycles. The maximum Gasteiger partial charge on any atom is 0.189 e. The Kier molecular flexibility index (Phi) is 3.43. The molecule has 5 rings (SSSR count). The van der Waals surface area contributed by atoms with Crippen molar-refractivity contribution >= 4 is 16.7 Å². The average molecular weight is 333 g/mol. The molecule has 0 amide bonds. The molecule has 0 bridgehead atoms. The number of benzene rings is 1. The third-order valence-corrected chi connectivity index (χ3v) is 5.20. The summed E-state index contributed by atoms with van der Waals surface area (Å²) in [5, 5.41) is 4.47. The van der Waals surface area contributed by atoms with Gasteiger partial charge in [-0.2, -0.15) is 0 Å². The van der Waals surface area contributed by atoms with Gasteiger partial charge in [0, 0.05) is 39.8 Å². The molecule has 3 aromatic rings. The van der Waals surface area contributed by atoms with E-state index >= 15 is 0 Å². The number of ether oxygens (including phenoxy) is 1. The zero-order valence-corrected chi connectivity index (χ0v) is 13.8. The number of rotatable bonds is 2. The Labute approximate surface area is 145 Å². The second kappa shape index (κ2) is 5.79. The van der Waals surface area contributed by atoms with Crippen molar-refractivity contribution < 1.29 is 9.53 Å². The van der Waals surface area contributed by atoms with Crippen LogP contribution >= 0.6 is 0 Å². The molecule has 2 aliphatic rings. The number of ketones is 1. The number of nitrogens with one attached hydrogen (secondary N) is 2. The molecular weight excluding hydrogens is 314 g/mol. The standard InChI is InChI=1S/C20H19N3O2/c24-18-11-25-10-14-19-13(18)3-1-4-17(19)23-20(14)12-6-7-16(22-9-12)15-5-2-8-21-15/h1,3-4,6-7,9,15,21,23H,2,5,8,10-11H2/t15-/m1/s1. The number of pyridine rings is 1. The van der Waals surface area contributed by atoms with Crippen LogP contribution in [0.5, 0.6) is 0 Å². The first-order valence-electron chi connectivity index (χ1n) is 8.75. The highest BCUT2D eigenvalue weighted by atomic mass is 16.5. The van der Waals surface area contributed by atoms with Crippen LogP contribution < -0.4 is 5.32 Å². The van der Waals surface area contributed by atoms with E-state index in [-0.39, 0.29) is 12.4 Å². The summed E-state index contributed by atoms with van der Waals surface area (Å²) >= 11 is 0. The Morgan fingerprint density at radius 2 is 2.12 bits per heavy atom. The lowest BCUT2D eigenvalue weighted by molar-refractivity contribution is 0.0742. The molecule has 0 saturated carbocycles. The minimum Gasteiger partial charge on any atom is -0.369 e. The fraction of sp³-hybridized carbons (Fsp3) is 0.300. The van der Waals surface area contributed by atoms with Crippen LogP contribution in [-0.2, 0) is 11.3 Å². The van der Waals surface area contributed by atoms with Crippen molar-refractivity contribution in [3.63, 3.8) is 0 Å². The maximum absolute atomic E-state index is 12.3. The van der Waals surface area contributed by atoms with Gasteiger partial charge in [-0.25, -0.2) is 0 Å². The van der Waals surface area contributed by atoms with E-state index in [1.54, 1.807) is 0 Å². The van der Waals surface area contributed by atoms with Crippen LogP contribution in [-0.4, -0.2) is 28.9 Å². The minimum absolute atomic E-state index is 0.0377. The molecule has 1 aromatic carbocycles. The topological polar surface area (TPSA) is 67.0 Å². The summed E-state index contributed by atoms with van der Waals surface area (Å²) < 4.78 is 5.61. The van der Waals surface area contributed by atoms with Gasteiger partial charge in [0.1, 0.15) is 6.61 Å². The van der Waals surface area contributed by atoms with Crippen molar-refractivity contribution in [2.24, 2.45) is 0 Å². The molecule has 2 N–H and O–H groups in total. The number of H-pyrrole nitrogens is 1. The number of aromatic amines is 1. The van der Waals surface area contributed by atoms with Crippen LogP contribution in [0.1, 0.15) is 40.5 Å². The van der Waals surface area contributed by atoms with Crippen molar-refractivity contribution in [1.29, 1.82) is 0 Å². The van der Waals surface area contributed by atoms with Gasteiger partial charge in [0.15, 0.2) is 5.78 Å². The van der Waals surface area contributed by atoms with Crippen molar-refractivity contribution in [1.82, 2.24) is 15.3 Å². The number of hydrogen-bond acceptors (Lipinski definition) is 4. The van der Waals surface area contributed by atoms with Crippen molar-refractivity contribution in [3.05, 3.63) is 53.3 Å². The molecule has 25 heavy (non-hydrogen) atoms. The highest BCUT2D eigenvalue weighted by molar-refractivity contribution is 6.11. The molecule has 1 atom stereocenters. The summed E-state index contributed by atoms with van der Waals surface area (Å²) in [5.74, 6) is 0.0377. The van der Waals surface area contributed by atoms with Crippen molar-refractivity contribution in [2.75, 3.05) is 13.2 Å². The van der Waals surface area contributed by atoms with Crippen molar-refractivity contribution in [3.8, 4) is 11.3 Å². The van der Waals surface area contributed by atoms with Gasteiger partial charge in [-0.1, -0.05) is 12.1 Å². The summed E-state index contributed by atoms with van der Waals surface area (Å²) in [6, 6.07) is 10.4. The van der Waals surface area contributed by atoms with Crippen LogP contribution in [0.3, 0.4) is 0 Å². The summed E-state index contributed by atoms with van der Waals surface area (Å²) in [7, 11) is 0. The van der Waals surface area contributed by atoms with E-state index in [0.717, 1.165) is 51.9 Å². The molecule has 2 aliphatic heterocycles. The zero-order chi connectivity index (χ0) is 16.8. The lowest BCUT2D eigenvalue weighted by atomic mass is 10.0. The Morgan fingerprint density at radius 3 is 2.92 bits per heavy atom. The normalized spacial score (nSPS) is 20.2. The predicted molar refractivity (Wildman–Crippen MR) is 95.5 cm³/mol. The molecule has 0 radical (unpaired) electrons. The summed E-state index contributed by atoms with van der Waals surface area (Å²) in [6.07, 6.45) is 4.26. The van der Waals surface area contributed by atoms with E-state index in [2.05, 4.69) is 27.4 Å². The first kappa shape index (κ1) is 14.8. The van der Waals surface area contributed by atoms with Crippen LogP contribution in [0.25, 0.3) is 22.2 Å². The number of carbonyl (C=O) groups is 1. The van der Waals surface area contributed by atoms with Crippen LogP contribution in [0, 0.1) is 0 Å². The minimum atomic E-state index is 0.0377. The van der Waals surface area contributed by atoms with Gasteiger partial charge in [-0.05, 0) is 37.6 Å². The highest BCUT2D eigenvalue weighted by Gasteiger charge is 2.23. The van der Waals surface area contributed by atoms with Crippen molar-refractivity contribution in [2.45, 2.75) is 25.5 Å². The van der Waals surface area contributed by atoms with Gasteiger partial charge in [0.05, 0.1) is 18.0 Å². The maximum atomic E-state index is 12.3. The third kappa shape index (κ3) is 2.39. The fourth-order valence-corrected chi connectivity index (χ4v) is 3.96. The lowest BCUT2D eigenvalue weighted by Gasteiger charge is -2.10. The fourth-order valence-electron chi connectivity index (χ4n) is 3.96. The number of hydrogen-bond donors (Lipinski definition) is 2. The highest BCUT2D eigenvalue weighted by Crippen LogP contribution is 2.35. The monoisotopic (exact) mass is 333 g/mol. The molecule has 1 fully saturated rings. The van der Waals surface area contributed by atoms with E-state index in [1.807, 2.05) is 24.4 Å². The quantitative estimate of drug-likeness (QED) is 0.754. The Hall–Kier alpha value is -2.50. The molecule has 0 unspecified atom stereocenters. The van der Waals surface area contributed by atoms with E-state index in [4.69, 9.17) is 4.74 Å². The molecule has 2 aromatic heterocycles. The predicted octanol–water partition coefficient (Wildman–Crippen LogP) is 3.37. The van der Waals surface area contributed by atoms with Gasteiger partial charge in [0.25, 0.3) is 0 Å². The SMILES string of the molecule is O=C1COCc2c(-c3ccc([C@H]4CCCN4)nc3)[nH]c3cccc1c23. The van der Waals surface area contributed by atoms with Crippen LogP contribution in [0.2, 0.25) is 0 Å². The molecule has 0 spiro atoms. The van der Waals surface area contributed by atoms with E-state index in [0.29, 0.717) is 12.6 Å². The molecule has 126 valence electrons. The number of nitrogens with zero attached hydrogens (tertiary/aromatic N) is 1. The van der Waals surface area contributed by atoms with E-state index in [1.165, 1.54) is 6.42 Å². The van der Waals surface area contributed by atoms with Gasteiger partial charge < -0.3 is 15.0 Å². The van der Waals surface area contributed by atoms with E-state index in [9.17, 15) is 4.79 Å². The van der Waals surface area contributed by atoms with Gasteiger partial charge in [-0.15, -0.1) is 0 Å². The average Bonchev–Trinajstić information content (AvgIpc) is 3.26. The van der Waals surface area contributed by atoms with Crippen LogP contribution in [0.15, 0.2) is 36.5 Å². The molecule has 0 aliphatic carbocycles. The summed E-state index contributed by atoms with van der Waals surface area (Å²) in [5.41, 5.74) is 5.88.